The van der Waals surface area contributed by atoms with Crippen LogP contribution in [0.2, 0.25) is 0 Å². The van der Waals surface area contributed by atoms with E-state index < -0.39 is 0 Å². The van der Waals surface area contributed by atoms with Crippen LogP contribution in [0.5, 0.6) is 0 Å². The van der Waals surface area contributed by atoms with Crippen LogP contribution in [0.15, 0.2) is 28.7 Å². The number of rotatable bonds is 5. The van der Waals surface area contributed by atoms with E-state index in [9.17, 15) is 4.79 Å². The molecule has 0 saturated carbocycles. The molecule has 0 aliphatic carbocycles. The summed E-state index contributed by atoms with van der Waals surface area (Å²) in [6.07, 6.45) is 1.10. The number of amides is 1. The molecule has 0 aliphatic rings. The quantitative estimate of drug-likeness (QED) is 0.377. The topological polar surface area (TPSA) is 68.3 Å². The molecule has 0 aliphatic heterocycles. The van der Waals surface area contributed by atoms with Gasteiger partial charge in [-0.2, -0.15) is 11.8 Å². The maximum absolute atomic E-state index is 11.8. The first-order chi connectivity index (χ1) is 8.77. The molecule has 1 heterocycles. The number of nitrogens with one attached hydrogen (secondary N) is 1. The third kappa shape index (κ3) is 2.52. The summed E-state index contributed by atoms with van der Waals surface area (Å²) in [6.45, 7) is 2.12. The van der Waals surface area contributed by atoms with Gasteiger partial charge in [0.2, 0.25) is 0 Å². The number of benzene rings is 1. The summed E-state index contributed by atoms with van der Waals surface area (Å²) >= 11 is 1.75. The van der Waals surface area contributed by atoms with Crippen molar-refractivity contribution < 1.29 is 9.21 Å². The average Bonchev–Trinajstić information content (AvgIpc) is 2.76. The maximum Gasteiger partial charge on any atom is 0.269 e. The van der Waals surface area contributed by atoms with Crippen LogP contribution in [0, 0.1) is 0 Å². The van der Waals surface area contributed by atoms with Gasteiger partial charge in [-0.15, -0.1) is 0 Å². The summed E-state index contributed by atoms with van der Waals surface area (Å²) in [5.41, 5.74) is 3.46. The zero-order valence-corrected chi connectivity index (χ0v) is 11.0. The van der Waals surface area contributed by atoms with Crippen LogP contribution in [0.25, 0.3) is 11.0 Å². The van der Waals surface area contributed by atoms with Crippen LogP contribution >= 0.6 is 11.8 Å². The lowest BCUT2D eigenvalue weighted by Gasteiger charge is -2.01. The molecule has 0 atom stereocenters. The number of carbonyl (C=O) groups excluding carboxylic acids is 1. The largest absolute Gasteiger partial charge is 0.459 e. The molecule has 1 aromatic heterocycles. The van der Waals surface area contributed by atoms with Crippen LogP contribution in [-0.4, -0.2) is 11.7 Å². The second-order valence-electron chi connectivity index (χ2n) is 3.92. The summed E-state index contributed by atoms with van der Waals surface area (Å²) in [7, 11) is 0. The van der Waals surface area contributed by atoms with Crippen LogP contribution in [-0.2, 0) is 5.75 Å². The normalized spacial score (nSPS) is 10.8. The van der Waals surface area contributed by atoms with E-state index in [-0.39, 0.29) is 5.91 Å². The van der Waals surface area contributed by atoms with E-state index in [1.54, 1.807) is 11.8 Å². The van der Waals surface area contributed by atoms with Crippen molar-refractivity contribution in [3.05, 3.63) is 35.6 Å². The summed E-state index contributed by atoms with van der Waals surface area (Å²) in [4.78, 5) is 11.8. The molecule has 18 heavy (non-hydrogen) atoms. The molecule has 0 spiro atoms. The van der Waals surface area contributed by atoms with E-state index in [0.717, 1.165) is 23.1 Å². The lowest BCUT2D eigenvalue weighted by Crippen LogP contribution is -2.30. The maximum atomic E-state index is 11.8. The lowest BCUT2D eigenvalue weighted by atomic mass is 10.1. The van der Waals surface area contributed by atoms with Gasteiger partial charge in [-0.3, -0.25) is 10.2 Å². The van der Waals surface area contributed by atoms with E-state index in [4.69, 9.17) is 10.3 Å². The van der Waals surface area contributed by atoms with Gasteiger partial charge in [0.05, 0.1) is 11.3 Å². The fourth-order valence-corrected chi connectivity index (χ4v) is 2.65. The first-order valence-electron chi connectivity index (χ1n) is 5.87. The Morgan fingerprint density at radius 2 is 2.22 bits per heavy atom. The van der Waals surface area contributed by atoms with Gasteiger partial charge in [0.25, 0.3) is 5.91 Å². The van der Waals surface area contributed by atoms with E-state index in [1.165, 1.54) is 0 Å². The van der Waals surface area contributed by atoms with Gasteiger partial charge < -0.3 is 4.42 Å². The predicted molar refractivity (Wildman–Crippen MR) is 74.3 cm³/mol. The Bertz CT molecular complexity index is 551. The Kier molecular flexibility index (Phi) is 4.28. The number of thioether (sulfide) groups is 1. The highest BCUT2D eigenvalue weighted by Gasteiger charge is 2.19. The van der Waals surface area contributed by atoms with Crippen LogP contribution in [0.4, 0.5) is 0 Å². The molecule has 5 heteroatoms. The van der Waals surface area contributed by atoms with Gasteiger partial charge in [-0.1, -0.05) is 25.1 Å². The monoisotopic (exact) mass is 264 g/mol. The molecule has 96 valence electrons. The van der Waals surface area contributed by atoms with E-state index in [0.29, 0.717) is 17.1 Å². The van der Waals surface area contributed by atoms with Crippen LogP contribution < -0.4 is 11.3 Å². The van der Waals surface area contributed by atoms with Gasteiger partial charge in [-0.25, -0.2) is 5.84 Å². The van der Waals surface area contributed by atoms with Crippen molar-refractivity contribution in [2.75, 3.05) is 5.75 Å². The molecule has 2 aromatic rings. The Balaban J connectivity index is 2.40. The predicted octanol–water partition coefficient (Wildman–Crippen LogP) is 2.68. The second-order valence-corrected chi connectivity index (χ2v) is 5.03. The molecule has 2 rings (SSSR count). The van der Waals surface area contributed by atoms with Gasteiger partial charge in [0.1, 0.15) is 11.3 Å². The number of nitrogens with two attached hydrogens (primary N) is 1. The lowest BCUT2D eigenvalue weighted by molar-refractivity contribution is 0.0953. The minimum Gasteiger partial charge on any atom is -0.459 e. The molecule has 0 fully saturated rings. The van der Waals surface area contributed by atoms with Crippen LogP contribution in [0.1, 0.15) is 29.5 Å². The summed E-state index contributed by atoms with van der Waals surface area (Å²) < 4.78 is 5.73. The molecular formula is C13H16N2O2S. The molecule has 1 aromatic carbocycles. The van der Waals surface area contributed by atoms with Gasteiger partial charge in [-0.05, 0) is 18.2 Å². The number of furan rings is 1. The number of nitrogen functional groups attached to an aromatic ring is 1. The third-order valence-corrected chi connectivity index (χ3v) is 3.77. The number of hydrazine groups is 1. The Morgan fingerprint density at radius 1 is 1.44 bits per heavy atom. The highest BCUT2D eigenvalue weighted by molar-refractivity contribution is 7.98. The van der Waals surface area contributed by atoms with Crippen molar-refractivity contribution in [1.29, 1.82) is 0 Å². The zero-order valence-electron chi connectivity index (χ0n) is 10.2. The third-order valence-electron chi connectivity index (χ3n) is 2.61. The SMILES string of the molecule is CCCSCc1oc2ccccc2c1C(=O)NN. The van der Waals surface area contributed by atoms with Crippen LogP contribution in [0.3, 0.4) is 0 Å². The second kappa shape index (κ2) is 5.93. The molecule has 1 amide bonds. The first-order valence-corrected chi connectivity index (χ1v) is 7.02. The van der Waals surface area contributed by atoms with Crippen molar-refractivity contribution in [3.63, 3.8) is 0 Å². The van der Waals surface area contributed by atoms with Crippen molar-refractivity contribution in [3.8, 4) is 0 Å². The standard InChI is InChI=1S/C13H16N2O2S/c1-2-7-18-8-11-12(13(16)15-14)9-5-3-4-6-10(9)17-11/h3-6H,2,7-8,14H2,1H3,(H,15,16). The fourth-order valence-electron chi connectivity index (χ4n) is 1.83. The minimum absolute atomic E-state index is 0.299. The van der Waals surface area contributed by atoms with Gasteiger partial charge in [0.15, 0.2) is 0 Å². The molecular weight excluding hydrogens is 248 g/mol. The molecule has 0 unspecified atom stereocenters. The molecule has 3 N–H and O–H groups in total. The van der Waals surface area contributed by atoms with Crippen molar-refractivity contribution in [1.82, 2.24) is 5.43 Å². The van der Waals surface area contributed by atoms with Crippen molar-refractivity contribution in [2.45, 2.75) is 19.1 Å². The smallest absolute Gasteiger partial charge is 0.269 e. The summed E-state index contributed by atoms with van der Waals surface area (Å²) in [5, 5.41) is 0.813. The average molecular weight is 264 g/mol. The van der Waals surface area contributed by atoms with Gasteiger partial charge >= 0.3 is 0 Å². The first kappa shape index (κ1) is 13.0. The number of para-hydroxylation sites is 1. The fraction of sp³-hybridized carbons (Fsp3) is 0.308. The molecule has 0 saturated heterocycles. The summed E-state index contributed by atoms with van der Waals surface area (Å²) in [6, 6.07) is 7.50. The van der Waals surface area contributed by atoms with Crippen molar-refractivity contribution >= 4 is 28.6 Å². The summed E-state index contributed by atoms with van der Waals surface area (Å²) in [5.74, 6) is 7.35. The van der Waals surface area contributed by atoms with Crippen molar-refractivity contribution in [2.24, 2.45) is 5.84 Å². The molecule has 0 bridgehead atoms. The van der Waals surface area contributed by atoms with E-state index in [1.807, 2.05) is 24.3 Å². The molecule has 0 radical (unpaired) electrons. The Morgan fingerprint density at radius 3 is 2.94 bits per heavy atom. The van der Waals surface area contributed by atoms with E-state index >= 15 is 0 Å². The number of carbonyl (C=O) groups is 1. The molecule has 4 nitrogen and oxygen atoms in total. The zero-order chi connectivity index (χ0) is 13.0. The van der Waals surface area contributed by atoms with E-state index in [2.05, 4.69) is 12.3 Å². The minimum atomic E-state index is -0.299. The highest BCUT2D eigenvalue weighted by Crippen LogP contribution is 2.28. The van der Waals surface area contributed by atoms with Gasteiger partial charge in [0, 0.05) is 5.39 Å². The number of hydrogen-bond donors (Lipinski definition) is 2. The number of fused-ring (bicyclic) bond motifs is 1. The number of hydrogen-bond acceptors (Lipinski definition) is 4. The Hall–Kier alpha value is -1.46. The highest BCUT2D eigenvalue weighted by atomic mass is 32.2. The Labute approximate surface area is 110 Å².